The first-order valence-electron chi connectivity index (χ1n) is 3.36. The summed E-state index contributed by atoms with van der Waals surface area (Å²) >= 11 is -1.17. The van der Waals surface area contributed by atoms with Gasteiger partial charge in [0.2, 0.25) is 0 Å². The van der Waals surface area contributed by atoms with Gasteiger partial charge in [0.05, 0.1) is 0 Å². The van der Waals surface area contributed by atoms with Crippen LogP contribution in [-0.2, 0) is 23.3 Å². The molecule has 1 rings (SSSR count). The third-order valence-corrected chi connectivity index (χ3v) is 9.50. The van der Waals surface area contributed by atoms with Gasteiger partial charge in [-0.15, -0.1) is 0 Å². The van der Waals surface area contributed by atoms with E-state index in [1.54, 1.807) is 0 Å². The van der Waals surface area contributed by atoms with Crippen molar-refractivity contribution in [1.29, 1.82) is 0 Å². The molecule has 50 valence electrons. The van der Waals surface area contributed by atoms with Crippen molar-refractivity contribution in [3.63, 3.8) is 0 Å². The topological polar surface area (TPSA) is 0 Å². The van der Waals surface area contributed by atoms with E-state index in [0.29, 0.717) is 0 Å². The van der Waals surface area contributed by atoms with Crippen molar-refractivity contribution in [2.24, 2.45) is 0 Å². The maximum atomic E-state index is 5.96. The van der Waals surface area contributed by atoms with Gasteiger partial charge in [0.1, 0.15) is 0 Å². The molecule has 0 heterocycles. The Morgan fingerprint density at radius 3 is 2.00 bits per heavy atom. The Hall–Kier alpha value is 0.445. The van der Waals surface area contributed by atoms with Crippen LogP contribution in [0.5, 0.6) is 0 Å². The Kier molecular flexibility index (Phi) is 3.18. The Morgan fingerprint density at radius 2 is 1.70 bits per heavy atom. The molecule has 0 aliphatic rings. The molecular formula is C8H9ClHg. The summed E-state index contributed by atoms with van der Waals surface area (Å²) < 4.78 is 1.49. The Bertz CT molecular complexity index is 212. The van der Waals surface area contributed by atoms with Crippen LogP contribution in [-0.4, -0.2) is 0 Å². The predicted octanol–water partition coefficient (Wildman–Crippen LogP) is 2.17. The first-order valence-corrected chi connectivity index (χ1v) is 12.9. The minimum atomic E-state index is -1.17. The Morgan fingerprint density at radius 1 is 1.20 bits per heavy atom. The summed E-state index contributed by atoms with van der Waals surface area (Å²) in [5.74, 6) is 0. The van der Waals surface area contributed by atoms with Crippen LogP contribution in [0.4, 0.5) is 0 Å². The van der Waals surface area contributed by atoms with Crippen LogP contribution in [0, 0.1) is 13.8 Å². The van der Waals surface area contributed by atoms with Gasteiger partial charge in [0, 0.05) is 0 Å². The summed E-state index contributed by atoms with van der Waals surface area (Å²) in [4.78, 5) is 0. The van der Waals surface area contributed by atoms with E-state index in [0.717, 1.165) is 0 Å². The van der Waals surface area contributed by atoms with Crippen LogP contribution >= 0.6 is 8.25 Å². The van der Waals surface area contributed by atoms with Crippen molar-refractivity contribution in [3.8, 4) is 0 Å². The van der Waals surface area contributed by atoms with Crippen LogP contribution in [0.2, 0.25) is 0 Å². The van der Waals surface area contributed by atoms with Gasteiger partial charge in [0.15, 0.2) is 0 Å². The van der Waals surface area contributed by atoms with Crippen molar-refractivity contribution >= 4 is 11.3 Å². The fourth-order valence-corrected chi connectivity index (χ4v) is 7.31. The van der Waals surface area contributed by atoms with Crippen molar-refractivity contribution < 1.29 is 23.3 Å². The van der Waals surface area contributed by atoms with Gasteiger partial charge in [-0.3, -0.25) is 0 Å². The first kappa shape index (κ1) is 8.54. The molecule has 0 spiro atoms. The van der Waals surface area contributed by atoms with Gasteiger partial charge in [-0.25, -0.2) is 0 Å². The number of rotatable bonds is 1. The van der Waals surface area contributed by atoms with E-state index in [2.05, 4.69) is 32.0 Å². The number of hydrogen-bond acceptors (Lipinski definition) is 0. The second-order valence-corrected chi connectivity index (χ2v) is 8.64. The average Bonchev–Trinajstić information content (AvgIpc) is 1.88. The van der Waals surface area contributed by atoms with E-state index in [1.807, 2.05) is 0 Å². The second kappa shape index (κ2) is 3.73. The fourth-order valence-electron chi connectivity index (χ4n) is 1.06. The van der Waals surface area contributed by atoms with Gasteiger partial charge in [-0.1, -0.05) is 0 Å². The monoisotopic (exact) mass is 342 g/mol. The van der Waals surface area contributed by atoms with Crippen LogP contribution in [0.15, 0.2) is 18.2 Å². The van der Waals surface area contributed by atoms with E-state index < -0.39 is 23.3 Å². The molecule has 10 heavy (non-hydrogen) atoms. The standard InChI is InChI=1S/C8H9.ClH.Hg/c1-7-4-3-5-8(2)6-7;;/h3-5H,1-2H3;1H;/q;;+1/p-1. The summed E-state index contributed by atoms with van der Waals surface area (Å²) in [6.07, 6.45) is 0. The zero-order valence-corrected chi connectivity index (χ0v) is 12.6. The SMILES string of the molecule is Cc1cccc(C)[c]1[Hg][Cl]. The van der Waals surface area contributed by atoms with Crippen molar-refractivity contribution in [2.45, 2.75) is 13.8 Å². The van der Waals surface area contributed by atoms with E-state index in [9.17, 15) is 0 Å². The zero-order valence-electron chi connectivity index (χ0n) is 6.32. The van der Waals surface area contributed by atoms with E-state index in [4.69, 9.17) is 8.25 Å². The molecule has 0 saturated carbocycles. The van der Waals surface area contributed by atoms with Gasteiger partial charge >= 0.3 is 77.8 Å². The van der Waals surface area contributed by atoms with Gasteiger partial charge in [-0.2, -0.15) is 0 Å². The number of aryl methyl sites for hydroxylation is 2. The van der Waals surface area contributed by atoms with Gasteiger partial charge in [-0.05, 0) is 0 Å². The Labute approximate surface area is 77.5 Å². The molecule has 0 aromatic heterocycles. The van der Waals surface area contributed by atoms with Gasteiger partial charge < -0.3 is 0 Å². The zero-order chi connectivity index (χ0) is 7.56. The molecule has 1 aromatic rings. The van der Waals surface area contributed by atoms with Crippen molar-refractivity contribution in [3.05, 3.63) is 29.3 Å². The Balaban J connectivity index is 3.17. The van der Waals surface area contributed by atoms with E-state index in [-0.39, 0.29) is 0 Å². The fraction of sp³-hybridized carbons (Fsp3) is 0.250. The predicted molar refractivity (Wildman–Crippen MR) is 41.4 cm³/mol. The number of benzene rings is 1. The van der Waals surface area contributed by atoms with E-state index >= 15 is 0 Å². The second-order valence-electron chi connectivity index (χ2n) is 2.50. The molecule has 1 aromatic carbocycles. The van der Waals surface area contributed by atoms with Crippen LogP contribution in [0.3, 0.4) is 0 Å². The first-order chi connectivity index (χ1) is 4.75. The normalized spacial score (nSPS) is 9.10. The molecule has 0 atom stereocenters. The molecule has 0 bridgehead atoms. The van der Waals surface area contributed by atoms with Crippen LogP contribution in [0.25, 0.3) is 0 Å². The minimum absolute atomic E-state index is 1.17. The summed E-state index contributed by atoms with van der Waals surface area (Å²) in [5.41, 5.74) is 2.77. The summed E-state index contributed by atoms with van der Waals surface area (Å²) in [6.45, 7) is 4.29. The summed E-state index contributed by atoms with van der Waals surface area (Å²) in [5, 5.41) is 0. The summed E-state index contributed by atoms with van der Waals surface area (Å²) in [6, 6.07) is 6.38. The molecular weight excluding hydrogens is 332 g/mol. The summed E-state index contributed by atoms with van der Waals surface area (Å²) in [7, 11) is 5.96. The molecule has 0 saturated heterocycles. The quantitative estimate of drug-likeness (QED) is 0.687. The van der Waals surface area contributed by atoms with Crippen LogP contribution < -0.4 is 3.07 Å². The van der Waals surface area contributed by atoms with Gasteiger partial charge in [0.25, 0.3) is 0 Å². The molecule has 0 amide bonds. The third-order valence-electron chi connectivity index (χ3n) is 1.78. The molecule has 0 aliphatic heterocycles. The molecule has 0 unspecified atom stereocenters. The molecule has 0 radical (unpaired) electrons. The molecule has 0 N–H and O–H groups in total. The number of halogens is 1. The average molecular weight is 341 g/mol. The van der Waals surface area contributed by atoms with Crippen LogP contribution in [0.1, 0.15) is 11.1 Å². The molecule has 0 fully saturated rings. The third kappa shape index (κ3) is 1.73. The van der Waals surface area contributed by atoms with E-state index in [1.165, 1.54) is 14.2 Å². The van der Waals surface area contributed by atoms with Crippen molar-refractivity contribution in [2.75, 3.05) is 0 Å². The molecule has 2 heteroatoms. The molecule has 0 aliphatic carbocycles. The van der Waals surface area contributed by atoms with Crippen molar-refractivity contribution in [1.82, 2.24) is 0 Å². The number of hydrogen-bond donors (Lipinski definition) is 0. The maximum absolute atomic E-state index is 5.96. The molecule has 0 nitrogen and oxygen atoms in total.